The summed E-state index contributed by atoms with van der Waals surface area (Å²) in [4.78, 5) is 28.9. The number of carboxylic acids is 1. The molecule has 1 saturated carbocycles. The normalized spacial score (nSPS) is 30.9. The fraction of sp³-hybridized carbons (Fsp3) is 0.632. The molecule has 26 heavy (non-hydrogen) atoms. The van der Waals surface area contributed by atoms with E-state index in [1.807, 2.05) is 41.9 Å². The summed E-state index contributed by atoms with van der Waals surface area (Å²) < 4.78 is 1.83. The summed E-state index contributed by atoms with van der Waals surface area (Å²) in [5.41, 5.74) is 2.26. The maximum absolute atomic E-state index is 13.0. The average Bonchev–Trinajstić information content (AvgIpc) is 3.29. The molecule has 4 atom stereocenters. The zero-order chi connectivity index (χ0) is 18.4. The lowest BCUT2D eigenvalue weighted by molar-refractivity contribution is -0.151. The molecule has 3 aliphatic rings. The van der Waals surface area contributed by atoms with Crippen LogP contribution in [-0.2, 0) is 23.2 Å². The van der Waals surface area contributed by atoms with Gasteiger partial charge in [0, 0.05) is 51.5 Å². The van der Waals surface area contributed by atoms with Crippen LogP contribution in [0.15, 0.2) is 18.3 Å². The number of allylic oxidation sites excluding steroid dienone is 2. The lowest BCUT2D eigenvalue weighted by Crippen LogP contribution is -2.52. The van der Waals surface area contributed by atoms with Gasteiger partial charge in [-0.05, 0) is 25.2 Å². The van der Waals surface area contributed by atoms with Gasteiger partial charge in [0.1, 0.15) is 0 Å². The minimum Gasteiger partial charge on any atom is -0.481 e. The minimum atomic E-state index is -0.828. The van der Waals surface area contributed by atoms with Crippen LogP contribution in [-0.4, -0.2) is 62.7 Å². The van der Waals surface area contributed by atoms with Gasteiger partial charge >= 0.3 is 5.97 Å². The highest BCUT2D eigenvalue weighted by atomic mass is 16.4. The quantitative estimate of drug-likeness (QED) is 0.809. The van der Waals surface area contributed by atoms with E-state index in [2.05, 4.69) is 10.00 Å². The Labute approximate surface area is 153 Å². The molecule has 4 rings (SSSR count). The first-order valence-electron chi connectivity index (χ1n) is 9.35. The molecule has 1 aromatic rings. The summed E-state index contributed by atoms with van der Waals surface area (Å²) in [6.07, 6.45) is 6.90. The van der Waals surface area contributed by atoms with Crippen molar-refractivity contribution >= 4 is 11.9 Å². The molecule has 2 aliphatic carbocycles. The molecule has 1 N–H and O–H groups in total. The molecule has 4 unspecified atom stereocenters. The number of nitrogens with zero attached hydrogens (tertiary/aromatic N) is 4. The van der Waals surface area contributed by atoms with Gasteiger partial charge in [0.15, 0.2) is 0 Å². The molecule has 0 spiro atoms. The molecule has 140 valence electrons. The summed E-state index contributed by atoms with van der Waals surface area (Å²) in [5, 5.41) is 13.9. The molecular weight excluding hydrogens is 332 g/mol. The molecule has 7 nitrogen and oxygen atoms in total. The number of piperazine rings is 1. The van der Waals surface area contributed by atoms with Gasteiger partial charge in [0.2, 0.25) is 5.91 Å². The number of aliphatic carboxylic acids is 1. The fourth-order valence-electron chi connectivity index (χ4n) is 4.88. The van der Waals surface area contributed by atoms with Crippen molar-refractivity contribution in [3.63, 3.8) is 0 Å². The first kappa shape index (κ1) is 17.3. The van der Waals surface area contributed by atoms with Crippen molar-refractivity contribution in [2.75, 3.05) is 26.2 Å². The summed E-state index contributed by atoms with van der Waals surface area (Å²) in [5.74, 6) is -1.59. The molecule has 1 saturated heterocycles. The van der Waals surface area contributed by atoms with Crippen molar-refractivity contribution in [1.82, 2.24) is 19.6 Å². The van der Waals surface area contributed by atoms with Gasteiger partial charge in [0.25, 0.3) is 0 Å². The maximum atomic E-state index is 13.0. The van der Waals surface area contributed by atoms with E-state index in [1.165, 1.54) is 5.56 Å². The molecule has 0 aromatic carbocycles. The van der Waals surface area contributed by atoms with Gasteiger partial charge in [-0.25, -0.2) is 0 Å². The smallest absolute Gasteiger partial charge is 0.307 e. The Morgan fingerprint density at radius 1 is 1.15 bits per heavy atom. The van der Waals surface area contributed by atoms with E-state index in [-0.39, 0.29) is 23.7 Å². The molecule has 2 heterocycles. The van der Waals surface area contributed by atoms with Crippen LogP contribution >= 0.6 is 0 Å². The molecule has 2 bridgehead atoms. The molecular formula is C19H26N4O3. The first-order valence-corrected chi connectivity index (χ1v) is 9.35. The predicted octanol–water partition coefficient (Wildman–Crippen LogP) is 0.896. The van der Waals surface area contributed by atoms with Gasteiger partial charge in [-0.2, -0.15) is 5.10 Å². The van der Waals surface area contributed by atoms with E-state index in [4.69, 9.17) is 0 Å². The number of aryl methyl sites for hydroxylation is 2. The highest BCUT2D eigenvalue weighted by molar-refractivity contribution is 5.87. The molecule has 0 radical (unpaired) electrons. The second-order valence-electron chi connectivity index (χ2n) is 7.85. The largest absolute Gasteiger partial charge is 0.481 e. The molecule has 1 aliphatic heterocycles. The van der Waals surface area contributed by atoms with Crippen molar-refractivity contribution in [3.8, 4) is 0 Å². The summed E-state index contributed by atoms with van der Waals surface area (Å²) in [6.45, 7) is 5.83. The second-order valence-corrected chi connectivity index (χ2v) is 7.85. The first-order chi connectivity index (χ1) is 12.4. The van der Waals surface area contributed by atoms with E-state index in [1.54, 1.807) is 0 Å². The number of aromatic nitrogens is 2. The van der Waals surface area contributed by atoms with Crippen molar-refractivity contribution < 1.29 is 14.7 Å². The number of hydrogen-bond donors (Lipinski definition) is 1. The summed E-state index contributed by atoms with van der Waals surface area (Å²) >= 11 is 0. The zero-order valence-corrected chi connectivity index (χ0v) is 15.3. The SMILES string of the molecule is Cc1nn(C)cc1CN1CCN(C(=O)C2C3C=CC(C3)C2C(=O)O)CC1. The van der Waals surface area contributed by atoms with E-state index in [0.29, 0.717) is 13.1 Å². The molecule has 2 fully saturated rings. The third-order valence-corrected chi connectivity index (χ3v) is 6.22. The Balaban J connectivity index is 1.37. The third-order valence-electron chi connectivity index (χ3n) is 6.22. The Morgan fingerprint density at radius 2 is 1.81 bits per heavy atom. The fourth-order valence-corrected chi connectivity index (χ4v) is 4.88. The van der Waals surface area contributed by atoms with Gasteiger partial charge in [0.05, 0.1) is 17.5 Å². The number of amides is 1. The van der Waals surface area contributed by atoms with Gasteiger partial charge < -0.3 is 10.0 Å². The Morgan fingerprint density at radius 3 is 2.38 bits per heavy atom. The highest BCUT2D eigenvalue weighted by Crippen LogP contribution is 2.48. The number of rotatable bonds is 4. The zero-order valence-electron chi connectivity index (χ0n) is 15.3. The molecule has 7 heteroatoms. The Bertz CT molecular complexity index is 748. The average molecular weight is 358 g/mol. The van der Waals surface area contributed by atoms with E-state index >= 15 is 0 Å². The van der Waals surface area contributed by atoms with Crippen LogP contribution in [0.1, 0.15) is 17.7 Å². The summed E-state index contributed by atoms with van der Waals surface area (Å²) in [6, 6.07) is 0. The van der Waals surface area contributed by atoms with Crippen molar-refractivity contribution in [2.45, 2.75) is 19.9 Å². The number of fused-ring (bicyclic) bond motifs is 2. The van der Waals surface area contributed by atoms with Crippen LogP contribution in [0.3, 0.4) is 0 Å². The second kappa shape index (κ2) is 6.54. The van der Waals surface area contributed by atoms with E-state index in [0.717, 1.165) is 31.7 Å². The highest BCUT2D eigenvalue weighted by Gasteiger charge is 2.52. The van der Waals surface area contributed by atoms with Crippen LogP contribution in [0, 0.1) is 30.6 Å². The maximum Gasteiger partial charge on any atom is 0.307 e. The van der Waals surface area contributed by atoms with Crippen molar-refractivity contribution in [1.29, 1.82) is 0 Å². The van der Waals surface area contributed by atoms with Crippen LogP contribution in [0.25, 0.3) is 0 Å². The Hall–Kier alpha value is -2.15. The van der Waals surface area contributed by atoms with Gasteiger partial charge in [-0.15, -0.1) is 0 Å². The number of hydrogen-bond acceptors (Lipinski definition) is 4. The lowest BCUT2D eigenvalue weighted by Gasteiger charge is -2.37. The minimum absolute atomic E-state index is 0.0290. The summed E-state index contributed by atoms with van der Waals surface area (Å²) in [7, 11) is 1.93. The lowest BCUT2D eigenvalue weighted by atomic mass is 9.82. The third kappa shape index (κ3) is 2.94. The topological polar surface area (TPSA) is 78.7 Å². The van der Waals surface area contributed by atoms with Crippen molar-refractivity contribution in [3.05, 3.63) is 29.6 Å². The van der Waals surface area contributed by atoms with Gasteiger partial charge in [-0.3, -0.25) is 19.2 Å². The number of carbonyl (C=O) groups excluding carboxylic acids is 1. The predicted molar refractivity (Wildman–Crippen MR) is 95.2 cm³/mol. The monoisotopic (exact) mass is 358 g/mol. The number of carbonyl (C=O) groups is 2. The standard InChI is InChI=1S/C19H26N4O3/c1-12-15(10-21(2)20-12)11-22-5-7-23(8-6-22)18(24)16-13-3-4-14(9-13)17(16)19(25)26/h3-4,10,13-14,16-17H,5-9,11H2,1-2H3,(H,25,26). The van der Waals surface area contributed by atoms with Crippen LogP contribution in [0.5, 0.6) is 0 Å². The van der Waals surface area contributed by atoms with Crippen LogP contribution in [0.2, 0.25) is 0 Å². The van der Waals surface area contributed by atoms with Gasteiger partial charge in [-0.1, -0.05) is 12.2 Å². The van der Waals surface area contributed by atoms with Crippen LogP contribution in [0.4, 0.5) is 0 Å². The van der Waals surface area contributed by atoms with E-state index in [9.17, 15) is 14.7 Å². The van der Waals surface area contributed by atoms with Crippen molar-refractivity contribution in [2.24, 2.45) is 30.7 Å². The molecule has 1 aromatic heterocycles. The van der Waals surface area contributed by atoms with E-state index < -0.39 is 11.9 Å². The Kier molecular flexibility index (Phi) is 4.34. The number of carboxylic acid groups (broad SMARTS) is 1. The molecule has 1 amide bonds. The van der Waals surface area contributed by atoms with Crippen LogP contribution < -0.4 is 0 Å².